The van der Waals surface area contributed by atoms with E-state index in [0.29, 0.717) is 27.9 Å². The summed E-state index contributed by atoms with van der Waals surface area (Å²) in [6, 6.07) is 19.2. The normalized spacial score (nSPS) is 12.1. The Labute approximate surface area is 200 Å². The van der Waals surface area contributed by atoms with E-state index < -0.39 is 12.2 Å². The van der Waals surface area contributed by atoms with Crippen LogP contribution in [0.4, 0.5) is 8.78 Å². The number of rotatable bonds is 10. The first-order valence-electron chi connectivity index (χ1n) is 10.5. The lowest BCUT2D eigenvalue weighted by Gasteiger charge is -2.21. The van der Waals surface area contributed by atoms with Gasteiger partial charge in [0.15, 0.2) is 5.82 Å². The number of nitrogens with zero attached hydrogens (tertiary/aromatic N) is 2. The van der Waals surface area contributed by atoms with Gasteiger partial charge in [0.2, 0.25) is 5.16 Å². The highest BCUT2D eigenvalue weighted by molar-refractivity contribution is 7.99. The van der Waals surface area contributed by atoms with Crippen molar-refractivity contribution in [1.29, 1.82) is 0 Å². The Morgan fingerprint density at radius 2 is 1.50 bits per heavy atom. The molecule has 4 aromatic rings. The molecule has 0 amide bonds. The van der Waals surface area contributed by atoms with Crippen LogP contribution >= 0.6 is 11.8 Å². The summed E-state index contributed by atoms with van der Waals surface area (Å²) < 4.78 is 37.9. The number of benzene rings is 3. The van der Waals surface area contributed by atoms with Gasteiger partial charge in [0, 0.05) is 11.3 Å². The number of aromatic nitrogens is 3. The van der Waals surface area contributed by atoms with E-state index in [4.69, 9.17) is 9.47 Å². The number of aromatic amines is 1. The minimum Gasteiger partial charge on any atom is -0.497 e. The van der Waals surface area contributed by atoms with Crippen LogP contribution < -0.4 is 4.74 Å². The van der Waals surface area contributed by atoms with Crippen molar-refractivity contribution in [1.82, 2.24) is 15.2 Å². The molecule has 6 nitrogen and oxygen atoms in total. The number of aliphatic hydroxyl groups excluding tert-OH is 1. The standard InChI is InChI=1S/C25H23F2N3O3S/c1-32-22-12-6-18(7-13-22)24-28-25(30-29-24)34-15-21(31)14-33-23(16-2-8-19(26)9-3-16)17-4-10-20(27)11-5-17/h2-13,21,23,31H,14-15H2,1H3,(H,28,29,30). The van der Waals surface area contributed by atoms with E-state index in [9.17, 15) is 13.9 Å². The van der Waals surface area contributed by atoms with Crippen molar-refractivity contribution in [2.45, 2.75) is 17.4 Å². The summed E-state index contributed by atoms with van der Waals surface area (Å²) >= 11 is 1.29. The van der Waals surface area contributed by atoms with Crippen molar-refractivity contribution in [2.75, 3.05) is 19.5 Å². The number of hydrogen-bond donors (Lipinski definition) is 2. The lowest BCUT2D eigenvalue weighted by atomic mass is 10.0. The smallest absolute Gasteiger partial charge is 0.208 e. The fourth-order valence-corrected chi connectivity index (χ4v) is 3.98. The highest BCUT2D eigenvalue weighted by atomic mass is 32.2. The van der Waals surface area contributed by atoms with Crippen molar-refractivity contribution in [3.8, 4) is 17.1 Å². The molecule has 4 rings (SSSR count). The van der Waals surface area contributed by atoms with Gasteiger partial charge < -0.3 is 14.6 Å². The Kier molecular flexibility index (Phi) is 7.89. The van der Waals surface area contributed by atoms with Crippen molar-refractivity contribution in [3.63, 3.8) is 0 Å². The van der Waals surface area contributed by atoms with Gasteiger partial charge in [-0.25, -0.2) is 13.8 Å². The Morgan fingerprint density at radius 1 is 0.912 bits per heavy atom. The van der Waals surface area contributed by atoms with Crippen LogP contribution in [0.2, 0.25) is 0 Å². The quantitative estimate of drug-likeness (QED) is 0.309. The molecule has 1 heterocycles. The third-order valence-electron chi connectivity index (χ3n) is 5.03. The Morgan fingerprint density at radius 3 is 2.06 bits per heavy atom. The Balaban J connectivity index is 1.35. The monoisotopic (exact) mass is 483 g/mol. The number of thioether (sulfide) groups is 1. The Bertz CT molecular complexity index is 1140. The fraction of sp³-hybridized carbons (Fsp3) is 0.200. The second kappa shape index (κ2) is 11.2. The van der Waals surface area contributed by atoms with Crippen LogP contribution in [0, 0.1) is 11.6 Å². The van der Waals surface area contributed by atoms with Crippen molar-refractivity contribution in [3.05, 3.63) is 95.6 Å². The number of hydrogen-bond acceptors (Lipinski definition) is 6. The highest BCUT2D eigenvalue weighted by Crippen LogP contribution is 2.27. The first-order chi connectivity index (χ1) is 16.5. The van der Waals surface area contributed by atoms with Gasteiger partial charge in [-0.05, 0) is 59.7 Å². The molecule has 0 fully saturated rings. The fourth-order valence-electron chi connectivity index (χ4n) is 3.28. The van der Waals surface area contributed by atoms with Gasteiger partial charge in [-0.2, -0.15) is 0 Å². The Hall–Kier alpha value is -3.27. The van der Waals surface area contributed by atoms with Crippen molar-refractivity contribution < 1.29 is 23.4 Å². The molecule has 0 aliphatic heterocycles. The first kappa shape index (κ1) is 23.9. The van der Waals surface area contributed by atoms with Gasteiger partial charge in [0.1, 0.15) is 23.5 Å². The van der Waals surface area contributed by atoms with Crippen LogP contribution in [0.3, 0.4) is 0 Å². The molecule has 176 valence electrons. The SMILES string of the molecule is COc1ccc(-c2nc(SCC(O)COC(c3ccc(F)cc3)c3ccc(F)cc3)n[nH]2)cc1. The predicted molar refractivity (Wildman–Crippen MR) is 126 cm³/mol. The van der Waals surface area contributed by atoms with E-state index >= 15 is 0 Å². The van der Waals surface area contributed by atoms with E-state index in [1.54, 1.807) is 31.4 Å². The first-order valence-corrected chi connectivity index (χ1v) is 11.5. The molecular weight excluding hydrogens is 460 g/mol. The van der Waals surface area contributed by atoms with Crippen LogP contribution in [0.5, 0.6) is 5.75 Å². The molecule has 1 atom stereocenters. The van der Waals surface area contributed by atoms with Gasteiger partial charge in [0.05, 0.1) is 19.8 Å². The topological polar surface area (TPSA) is 80.3 Å². The molecule has 0 radical (unpaired) electrons. The number of ether oxygens (including phenoxy) is 2. The maximum atomic E-state index is 13.4. The van der Waals surface area contributed by atoms with E-state index in [1.165, 1.54) is 36.0 Å². The third-order valence-corrected chi connectivity index (χ3v) is 6.03. The number of methoxy groups -OCH3 is 1. The van der Waals surface area contributed by atoms with Crippen LogP contribution in [-0.4, -0.2) is 45.9 Å². The maximum absolute atomic E-state index is 13.4. The second-order valence-corrected chi connectivity index (χ2v) is 8.46. The molecule has 1 aromatic heterocycles. The molecule has 9 heteroatoms. The third kappa shape index (κ3) is 6.19. The lowest BCUT2D eigenvalue weighted by molar-refractivity contribution is 0.0155. The van der Waals surface area contributed by atoms with E-state index in [1.807, 2.05) is 24.3 Å². The van der Waals surface area contributed by atoms with Crippen molar-refractivity contribution in [2.24, 2.45) is 0 Å². The minimum absolute atomic E-state index is 0.0161. The van der Waals surface area contributed by atoms with E-state index in [0.717, 1.165) is 11.3 Å². The number of nitrogens with one attached hydrogen (secondary N) is 1. The van der Waals surface area contributed by atoms with Crippen LogP contribution in [0.1, 0.15) is 17.2 Å². The average Bonchev–Trinajstić information content (AvgIpc) is 3.34. The highest BCUT2D eigenvalue weighted by Gasteiger charge is 2.18. The van der Waals surface area contributed by atoms with Crippen molar-refractivity contribution >= 4 is 11.8 Å². The molecule has 0 aliphatic rings. The lowest BCUT2D eigenvalue weighted by Crippen LogP contribution is -2.20. The summed E-state index contributed by atoms with van der Waals surface area (Å²) in [4.78, 5) is 4.45. The van der Waals surface area contributed by atoms with Gasteiger partial charge in [-0.15, -0.1) is 5.10 Å². The second-order valence-electron chi connectivity index (χ2n) is 7.48. The van der Waals surface area contributed by atoms with Gasteiger partial charge in [-0.1, -0.05) is 36.0 Å². The maximum Gasteiger partial charge on any atom is 0.208 e. The van der Waals surface area contributed by atoms with Gasteiger partial charge in [-0.3, -0.25) is 5.10 Å². The summed E-state index contributed by atoms with van der Waals surface area (Å²) in [6.45, 7) is 0.0161. The molecule has 0 saturated carbocycles. The largest absolute Gasteiger partial charge is 0.497 e. The van der Waals surface area contributed by atoms with E-state index in [-0.39, 0.29) is 18.2 Å². The zero-order valence-electron chi connectivity index (χ0n) is 18.3. The van der Waals surface area contributed by atoms with Crippen LogP contribution in [0.25, 0.3) is 11.4 Å². The van der Waals surface area contributed by atoms with Gasteiger partial charge >= 0.3 is 0 Å². The predicted octanol–water partition coefficient (Wildman–Crippen LogP) is 5.02. The summed E-state index contributed by atoms with van der Waals surface area (Å²) in [7, 11) is 1.61. The van der Waals surface area contributed by atoms with Crippen LogP contribution in [-0.2, 0) is 4.74 Å². The summed E-state index contributed by atoms with van der Waals surface area (Å²) in [6.07, 6.45) is -1.39. The molecule has 0 aliphatic carbocycles. The van der Waals surface area contributed by atoms with E-state index in [2.05, 4.69) is 15.2 Å². The summed E-state index contributed by atoms with van der Waals surface area (Å²) in [5, 5.41) is 18.1. The minimum atomic E-state index is -0.809. The molecule has 1 unspecified atom stereocenters. The number of halogens is 2. The molecule has 0 spiro atoms. The molecule has 3 aromatic carbocycles. The molecular formula is C25H23F2N3O3S. The average molecular weight is 484 g/mol. The molecule has 0 bridgehead atoms. The summed E-state index contributed by atoms with van der Waals surface area (Å²) in [5.41, 5.74) is 2.27. The zero-order valence-corrected chi connectivity index (χ0v) is 19.1. The number of aliphatic hydroxyl groups is 1. The molecule has 0 saturated heterocycles. The van der Waals surface area contributed by atoms with Gasteiger partial charge in [0.25, 0.3) is 0 Å². The molecule has 34 heavy (non-hydrogen) atoms. The van der Waals surface area contributed by atoms with Crippen LogP contribution in [0.15, 0.2) is 78.0 Å². The summed E-state index contributed by atoms with van der Waals surface area (Å²) in [5.74, 6) is 0.945. The molecule has 2 N–H and O–H groups in total. The number of H-pyrrole nitrogens is 1. The zero-order chi connectivity index (χ0) is 23.9.